The monoisotopic (exact) mass is 236 g/mol. The van der Waals surface area contributed by atoms with Crippen LogP contribution in [0, 0.1) is 6.92 Å². The van der Waals surface area contributed by atoms with Crippen LogP contribution in [0.15, 0.2) is 42.6 Å². The van der Waals surface area contributed by atoms with Crippen molar-refractivity contribution in [2.24, 2.45) is 0 Å². The summed E-state index contributed by atoms with van der Waals surface area (Å²) in [6, 6.07) is 13.2. The van der Waals surface area contributed by atoms with E-state index in [1.54, 1.807) is 0 Å². The molecule has 2 nitrogen and oxygen atoms in total. The van der Waals surface area contributed by atoms with Crippen molar-refractivity contribution in [3.05, 3.63) is 54.0 Å². The van der Waals surface area contributed by atoms with Gasteiger partial charge in [0.15, 0.2) is 0 Å². The second kappa shape index (κ2) is 4.30. The summed E-state index contributed by atoms with van der Waals surface area (Å²) < 4.78 is 0. The number of H-pyrrole nitrogens is 1. The highest BCUT2D eigenvalue weighted by Gasteiger charge is 2.02. The van der Waals surface area contributed by atoms with Gasteiger partial charge in [0.25, 0.3) is 0 Å². The quantitative estimate of drug-likeness (QED) is 0.713. The molecule has 2 heteroatoms. The maximum atomic E-state index is 4.24. The molecular formula is C16H16N2. The molecule has 0 fully saturated rings. The molecule has 3 aromatic rings. The number of hydrogen-bond donors (Lipinski definition) is 1. The number of imidazole rings is 1. The van der Waals surface area contributed by atoms with E-state index in [9.17, 15) is 0 Å². The first-order valence-electron chi connectivity index (χ1n) is 6.31. The molecule has 0 bridgehead atoms. The smallest absolute Gasteiger partial charge is 0.103 e. The molecule has 2 aromatic carbocycles. The van der Waals surface area contributed by atoms with Crippen LogP contribution in [-0.2, 0) is 6.42 Å². The topological polar surface area (TPSA) is 28.7 Å². The highest BCUT2D eigenvalue weighted by Crippen LogP contribution is 2.24. The Balaban J connectivity index is 2.11. The van der Waals surface area contributed by atoms with Gasteiger partial charge in [-0.2, -0.15) is 0 Å². The van der Waals surface area contributed by atoms with Crippen LogP contribution >= 0.6 is 0 Å². The Morgan fingerprint density at radius 2 is 1.83 bits per heavy atom. The number of nitrogens with one attached hydrogen (secondary N) is 1. The van der Waals surface area contributed by atoms with Crippen LogP contribution in [0.5, 0.6) is 0 Å². The molecule has 0 aliphatic carbocycles. The lowest BCUT2D eigenvalue weighted by molar-refractivity contribution is 1.15. The number of rotatable bonds is 2. The molecule has 0 saturated carbocycles. The zero-order valence-corrected chi connectivity index (χ0v) is 10.7. The van der Waals surface area contributed by atoms with Gasteiger partial charge in [-0.1, -0.05) is 37.3 Å². The molecule has 1 N–H and O–H groups in total. The zero-order valence-electron chi connectivity index (χ0n) is 10.7. The average Bonchev–Trinajstić information content (AvgIpc) is 2.84. The SMILES string of the molecule is CCc1ccc2cc(-c3cnc(C)[nH]3)ccc2c1. The lowest BCUT2D eigenvalue weighted by atomic mass is 10.0. The summed E-state index contributed by atoms with van der Waals surface area (Å²) in [6.07, 6.45) is 2.97. The van der Waals surface area contributed by atoms with E-state index in [0.717, 1.165) is 17.9 Å². The van der Waals surface area contributed by atoms with Crippen molar-refractivity contribution >= 4 is 10.8 Å². The minimum absolute atomic E-state index is 0.950. The largest absolute Gasteiger partial charge is 0.342 e. The van der Waals surface area contributed by atoms with E-state index in [-0.39, 0.29) is 0 Å². The van der Waals surface area contributed by atoms with E-state index in [0.29, 0.717) is 0 Å². The third-order valence-corrected chi connectivity index (χ3v) is 3.33. The number of hydrogen-bond acceptors (Lipinski definition) is 1. The highest BCUT2D eigenvalue weighted by atomic mass is 14.9. The van der Waals surface area contributed by atoms with Gasteiger partial charge < -0.3 is 4.98 Å². The van der Waals surface area contributed by atoms with Crippen molar-refractivity contribution in [3.8, 4) is 11.3 Å². The van der Waals surface area contributed by atoms with Crippen LogP contribution < -0.4 is 0 Å². The van der Waals surface area contributed by atoms with E-state index < -0.39 is 0 Å². The van der Waals surface area contributed by atoms with Crippen LogP contribution in [0.3, 0.4) is 0 Å². The van der Waals surface area contributed by atoms with Crippen LogP contribution in [0.25, 0.3) is 22.0 Å². The van der Waals surface area contributed by atoms with Gasteiger partial charge in [0.2, 0.25) is 0 Å². The van der Waals surface area contributed by atoms with E-state index in [1.165, 1.54) is 21.9 Å². The van der Waals surface area contributed by atoms with Crippen LogP contribution in [0.2, 0.25) is 0 Å². The number of aryl methyl sites for hydroxylation is 2. The summed E-state index contributed by atoms with van der Waals surface area (Å²) in [7, 11) is 0. The maximum Gasteiger partial charge on any atom is 0.103 e. The number of benzene rings is 2. The molecule has 0 aliphatic rings. The molecule has 0 unspecified atom stereocenters. The highest BCUT2D eigenvalue weighted by molar-refractivity contribution is 5.87. The van der Waals surface area contributed by atoms with Crippen molar-refractivity contribution in [3.63, 3.8) is 0 Å². The predicted octanol–water partition coefficient (Wildman–Crippen LogP) is 4.10. The molecule has 3 rings (SSSR count). The molecule has 0 aliphatic heterocycles. The first kappa shape index (κ1) is 11.0. The predicted molar refractivity (Wildman–Crippen MR) is 75.6 cm³/mol. The molecule has 0 amide bonds. The van der Waals surface area contributed by atoms with E-state index >= 15 is 0 Å². The van der Waals surface area contributed by atoms with Crippen LogP contribution in [-0.4, -0.2) is 9.97 Å². The third-order valence-electron chi connectivity index (χ3n) is 3.33. The Morgan fingerprint density at radius 1 is 1.06 bits per heavy atom. The first-order valence-corrected chi connectivity index (χ1v) is 6.31. The second-order valence-corrected chi connectivity index (χ2v) is 4.63. The van der Waals surface area contributed by atoms with Gasteiger partial charge >= 0.3 is 0 Å². The normalized spacial score (nSPS) is 11.0. The minimum atomic E-state index is 0.950. The maximum absolute atomic E-state index is 4.24. The lowest BCUT2D eigenvalue weighted by Gasteiger charge is -2.04. The van der Waals surface area contributed by atoms with Crippen LogP contribution in [0.4, 0.5) is 0 Å². The van der Waals surface area contributed by atoms with Gasteiger partial charge in [0.1, 0.15) is 5.82 Å². The Bertz CT molecular complexity index is 695. The Labute approximate surface area is 107 Å². The molecule has 1 aromatic heterocycles. The molecule has 0 saturated heterocycles. The number of nitrogens with zero attached hydrogens (tertiary/aromatic N) is 1. The first-order chi connectivity index (χ1) is 8.76. The van der Waals surface area contributed by atoms with Gasteiger partial charge in [-0.3, -0.25) is 0 Å². The fraction of sp³-hybridized carbons (Fsp3) is 0.188. The summed E-state index contributed by atoms with van der Waals surface area (Å²) in [6.45, 7) is 4.15. The van der Waals surface area contributed by atoms with Crippen molar-refractivity contribution in [1.29, 1.82) is 0 Å². The summed E-state index contributed by atoms with van der Waals surface area (Å²) >= 11 is 0. The van der Waals surface area contributed by atoms with Gasteiger partial charge in [-0.25, -0.2) is 4.98 Å². The molecule has 0 spiro atoms. The zero-order chi connectivity index (χ0) is 12.5. The lowest BCUT2D eigenvalue weighted by Crippen LogP contribution is -1.82. The van der Waals surface area contributed by atoms with E-state index in [2.05, 4.69) is 53.3 Å². The van der Waals surface area contributed by atoms with Crippen molar-refractivity contribution in [1.82, 2.24) is 9.97 Å². The molecule has 18 heavy (non-hydrogen) atoms. The minimum Gasteiger partial charge on any atom is -0.342 e. The average molecular weight is 236 g/mol. The number of fused-ring (bicyclic) bond motifs is 1. The second-order valence-electron chi connectivity index (χ2n) is 4.63. The molecule has 0 atom stereocenters. The summed E-state index contributed by atoms with van der Waals surface area (Å²) in [5.74, 6) is 0.950. The summed E-state index contributed by atoms with van der Waals surface area (Å²) in [4.78, 5) is 7.51. The number of aromatic nitrogens is 2. The molecule has 90 valence electrons. The molecule has 0 radical (unpaired) electrons. The van der Waals surface area contributed by atoms with Crippen molar-refractivity contribution in [2.75, 3.05) is 0 Å². The van der Waals surface area contributed by atoms with E-state index in [4.69, 9.17) is 0 Å². The standard InChI is InChI=1S/C16H16N2/c1-3-12-4-5-14-9-15(7-6-13(14)8-12)16-10-17-11(2)18-16/h4-10H,3H2,1-2H3,(H,17,18). The summed E-state index contributed by atoms with van der Waals surface area (Å²) in [5.41, 5.74) is 3.65. The van der Waals surface area contributed by atoms with Gasteiger partial charge in [-0.15, -0.1) is 0 Å². The van der Waals surface area contributed by atoms with Gasteiger partial charge in [0.05, 0.1) is 11.9 Å². The van der Waals surface area contributed by atoms with Crippen molar-refractivity contribution in [2.45, 2.75) is 20.3 Å². The van der Waals surface area contributed by atoms with E-state index in [1.807, 2.05) is 13.1 Å². The Kier molecular flexibility index (Phi) is 2.63. The number of aromatic amines is 1. The Hall–Kier alpha value is -2.09. The van der Waals surface area contributed by atoms with Gasteiger partial charge in [0, 0.05) is 5.56 Å². The molecule has 1 heterocycles. The summed E-state index contributed by atoms with van der Waals surface area (Å²) in [5, 5.41) is 2.58. The van der Waals surface area contributed by atoms with Crippen LogP contribution in [0.1, 0.15) is 18.3 Å². The fourth-order valence-corrected chi connectivity index (χ4v) is 2.25. The fourth-order valence-electron chi connectivity index (χ4n) is 2.25. The van der Waals surface area contributed by atoms with Gasteiger partial charge in [-0.05, 0) is 35.7 Å². The Morgan fingerprint density at radius 3 is 2.56 bits per heavy atom. The molecular weight excluding hydrogens is 220 g/mol. The van der Waals surface area contributed by atoms with Crippen molar-refractivity contribution < 1.29 is 0 Å². The third kappa shape index (κ3) is 1.90.